The summed E-state index contributed by atoms with van der Waals surface area (Å²) in [6.07, 6.45) is 5.76. The number of rotatable bonds is 6. The third-order valence-electron chi connectivity index (χ3n) is 10.5. The summed E-state index contributed by atoms with van der Waals surface area (Å²) in [6.45, 7) is 1.71. The highest BCUT2D eigenvalue weighted by atomic mass is 35.5. The molecular weight excluding hydrogens is 657 g/mol. The van der Waals surface area contributed by atoms with E-state index in [1.165, 1.54) is 49.6 Å². The fraction of sp³-hybridized carbons (Fsp3) is 0.278. The number of allylic oxidation sites excluding steroid dienone is 3. The Morgan fingerprint density at radius 2 is 1.69 bits per heavy atom. The minimum absolute atomic E-state index is 0.0578. The van der Waals surface area contributed by atoms with E-state index in [9.17, 15) is 38.8 Å². The molecule has 0 radical (unpaired) electrons. The summed E-state index contributed by atoms with van der Waals surface area (Å²) < 4.78 is 19.4. The van der Waals surface area contributed by atoms with E-state index in [-0.39, 0.29) is 46.4 Å². The smallest absolute Gasteiger partial charge is 0.269 e. The monoisotopic (exact) mass is 685 g/mol. The molecule has 0 bridgehead atoms. The average Bonchev–Trinajstić information content (AvgIpc) is 3.45. The van der Waals surface area contributed by atoms with Crippen LogP contribution in [0.3, 0.4) is 0 Å². The van der Waals surface area contributed by atoms with E-state index in [4.69, 9.17) is 16.3 Å². The lowest BCUT2D eigenvalue weighted by molar-refractivity contribution is -0.384. The molecule has 4 amide bonds. The van der Waals surface area contributed by atoms with E-state index >= 15 is 0 Å². The SMILES string of the molecule is COc1cc(C=C[C@H]2C3=CC[C@@H]4C(=O)N(c5ccc([N+](=O)[O-])cc5)C(=O)[C@@H]4[C@@H]3C[C@H]3C(=O)N(c4ccc(F)c(Cl)c4)C(=O)[C@@]23C)ccc1O. The number of amides is 4. The molecule has 2 heterocycles. The van der Waals surface area contributed by atoms with Crippen LogP contribution in [-0.2, 0) is 19.2 Å². The third-order valence-corrected chi connectivity index (χ3v) is 10.8. The topological polar surface area (TPSA) is 147 Å². The van der Waals surface area contributed by atoms with Gasteiger partial charge in [-0.3, -0.25) is 34.2 Å². The summed E-state index contributed by atoms with van der Waals surface area (Å²) in [5.41, 5.74) is 0.202. The lowest BCUT2D eigenvalue weighted by atomic mass is 9.52. The Hall–Kier alpha value is -5.36. The number of nitro benzene ring substituents is 1. The highest BCUT2D eigenvalue weighted by Gasteiger charge is 2.67. The van der Waals surface area contributed by atoms with Crippen LogP contribution in [0.15, 0.2) is 78.4 Å². The Morgan fingerprint density at radius 1 is 0.980 bits per heavy atom. The predicted octanol–water partition coefficient (Wildman–Crippen LogP) is 6.08. The summed E-state index contributed by atoms with van der Waals surface area (Å²) in [5.74, 6) is -6.25. The largest absolute Gasteiger partial charge is 0.504 e. The molecule has 250 valence electrons. The predicted molar refractivity (Wildman–Crippen MR) is 176 cm³/mol. The molecule has 4 aliphatic rings. The number of imide groups is 2. The summed E-state index contributed by atoms with van der Waals surface area (Å²) in [6, 6.07) is 13.6. The standard InChI is InChI=1S/C36H29ClFN3O8/c1-36-25(12-3-18-4-14-29(42)30(15-18)49-2)22-10-11-23-31(34(45)39(32(23)43)19-5-7-20(8-6-19)41(47)48)24(22)17-26(36)33(44)40(35(36)46)21-9-13-28(38)27(37)16-21/h3-10,12-16,23-26,31,42H,11,17H2,1-2H3/t23-,24+,25-,26-,31-,36-/m0/s1. The van der Waals surface area contributed by atoms with Crippen LogP contribution in [0.25, 0.3) is 6.08 Å². The maximum atomic E-state index is 14.4. The van der Waals surface area contributed by atoms with Gasteiger partial charge < -0.3 is 9.84 Å². The van der Waals surface area contributed by atoms with Gasteiger partial charge in [0.15, 0.2) is 11.5 Å². The van der Waals surface area contributed by atoms with Crippen molar-refractivity contribution in [3.8, 4) is 11.5 Å². The van der Waals surface area contributed by atoms with Gasteiger partial charge in [-0.15, -0.1) is 0 Å². The summed E-state index contributed by atoms with van der Waals surface area (Å²) in [5, 5.41) is 21.1. The normalized spacial score (nSPS) is 27.7. The number of methoxy groups -OCH3 is 1. The van der Waals surface area contributed by atoms with Crippen molar-refractivity contribution >= 4 is 58.4 Å². The van der Waals surface area contributed by atoms with Crippen LogP contribution in [0.2, 0.25) is 5.02 Å². The molecule has 1 N–H and O–H groups in total. The number of benzene rings is 3. The quantitative estimate of drug-likeness (QED) is 0.142. The van der Waals surface area contributed by atoms with Crippen molar-refractivity contribution < 1.29 is 38.3 Å². The summed E-state index contributed by atoms with van der Waals surface area (Å²) >= 11 is 6.06. The Balaban J connectivity index is 1.32. The van der Waals surface area contributed by atoms with Gasteiger partial charge in [-0.1, -0.05) is 41.5 Å². The molecule has 7 rings (SSSR count). The Bertz CT molecular complexity index is 2030. The van der Waals surface area contributed by atoms with Crippen molar-refractivity contribution in [3.05, 3.63) is 105 Å². The number of carbonyl (C=O) groups excluding carboxylic acids is 4. The molecule has 49 heavy (non-hydrogen) atoms. The fourth-order valence-electron chi connectivity index (χ4n) is 8.07. The molecule has 0 unspecified atom stereocenters. The molecule has 6 atom stereocenters. The first-order valence-corrected chi connectivity index (χ1v) is 16.0. The molecular formula is C36H29ClFN3O8. The Labute approximate surface area is 284 Å². The Morgan fingerprint density at radius 3 is 2.37 bits per heavy atom. The first kappa shape index (κ1) is 32.2. The maximum Gasteiger partial charge on any atom is 0.269 e. The third kappa shape index (κ3) is 4.84. The maximum absolute atomic E-state index is 14.4. The lowest BCUT2D eigenvalue weighted by Crippen LogP contribution is -2.49. The summed E-state index contributed by atoms with van der Waals surface area (Å²) in [7, 11) is 1.42. The van der Waals surface area contributed by atoms with E-state index < -0.39 is 69.4 Å². The van der Waals surface area contributed by atoms with Crippen LogP contribution in [0.5, 0.6) is 11.5 Å². The molecule has 2 aliphatic heterocycles. The van der Waals surface area contributed by atoms with Gasteiger partial charge in [0.05, 0.1) is 51.6 Å². The van der Waals surface area contributed by atoms with E-state index in [2.05, 4.69) is 0 Å². The van der Waals surface area contributed by atoms with Crippen molar-refractivity contribution in [2.75, 3.05) is 16.9 Å². The molecule has 3 aromatic rings. The average molecular weight is 686 g/mol. The van der Waals surface area contributed by atoms with Gasteiger partial charge in [-0.2, -0.15) is 0 Å². The van der Waals surface area contributed by atoms with E-state index in [0.717, 1.165) is 21.4 Å². The molecule has 1 saturated carbocycles. The van der Waals surface area contributed by atoms with Gasteiger partial charge in [-0.25, -0.2) is 9.29 Å². The molecule has 11 nitrogen and oxygen atoms in total. The number of nitro groups is 1. The minimum Gasteiger partial charge on any atom is -0.504 e. The second kappa shape index (κ2) is 11.7. The minimum atomic E-state index is -1.33. The highest BCUT2D eigenvalue weighted by molar-refractivity contribution is 6.31. The fourth-order valence-corrected chi connectivity index (χ4v) is 8.25. The number of nitrogens with zero attached hydrogens (tertiary/aromatic N) is 3. The van der Waals surface area contributed by atoms with Gasteiger partial charge in [-0.05, 0) is 73.7 Å². The van der Waals surface area contributed by atoms with Crippen LogP contribution < -0.4 is 14.5 Å². The zero-order chi connectivity index (χ0) is 34.9. The molecule has 3 aromatic carbocycles. The lowest BCUT2D eigenvalue weighted by Gasteiger charge is -2.47. The van der Waals surface area contributed by atoms with Gasteiger partial charge in [0.25, 0.3) is 5.69 Å². The first-order valence-electron chi connectivity index (χ1n) is 15.6. The van der Waals surface area contributed by atoms with Gasteiger partial charge in [0.1, 0.15) is 5.82 Å². The number of ether oxygens (including phenoxy) is 1. The molecule has 2 saturated heterocycles. The van der Waals surface area contributed by atoms with Crippen molar-refractivity contribution in [1.82, 2.24) is 0 Å². The number of halogens is 2. The van der Waals surface area contributed by atoms with Crippen molar-refractivity contribution in [3.63, 3.8) is 0 Å². The number of aromatic hydroxyl groups is 1. The van der Waals surface area contributed by atoms with Crippen LogP contribution in [0.1, 0.15) is 25.3 Å². The van der Waals surface area contributed by atoms with Gasteiger partial charge in [0, 0.05) is 18.1 Å². The number of phenols is 1. The summed E-state index contributed by atoms with van der Waals surface area (Å²) in [4.78, 5) is 69.3. The second-order valence-corrected chi connectivity index (χ2v) is 13.3. The molecule has 13 heteroatoms. The van der Waals surface area contributed by atoms with Crippen LogP contribution in [-0.4, -0.2) is 40.8 Å². The molecule has 0 spiro atoms. The van der Waals surface area contributed by atoms with Crippen molar-refractivity contribution in [2.45, 2.75) is 19.8 Å². The zero-order valence-corrected chi connectivity index (χ0v) is 27.0. The van der Waals surface area contributed by atoms with Crippen LogP contribution in [0, 0.1) is 50.9 Å². The molecule has 3 fully saturated rings. The molecule has 2 aliphatic carbocycles. The van der Waals surface area contributed by atoms with Gasteiger partial charge >= 0.3 is 0 Å². The van der Waals surface area contributed by atoms with E-state index in [1.807, 2.05) is 6.08 Å². The number of fused-ring (bicyclic) bond motifs is 4. The second-order valence-electron chi connectivity index (χ2n) is 12.9. The first-order chi connectivity index (χ1) is 23.4. The van der Waals surface area contributed by atoms with Gasteiger partial charge in [0.2, 0.25) is 23.6 Å². The zero-order valence-electron chi connectivity index (χ0n) is 26.2. The van der Waals surface area contributed by atoms with E-state index in [1.54, 1.807) is 31.2 Å². The number of carbonyl (C=O) groups is 4. The number of hydrogen-bond donors (Lipinski definition) is 1. The van der Waals surface area contributed by atoms with Crippen molar-refractivity contribution in [2.24, 2.45) is 35.0 Å². The molecule has 0 aromatic heterocycles. The number of hydrogen-bond acceptors (Lipinski definition) is 8. The number of non-ortho nitro benzene ring substituents is 1. The van der Waals surface area contributed by atoms with Crippen LogP contribution >= 0.6 is 11.6 Å². The number of anilines is 2. The van der Waals surface area contributed by atoms with Crippen molar-refractivity contribution in [1.29, 1.82) is 0 Å². The number of phenolic OH excluding ortho intramolecular Hbond substituents is 1. The van der Waals surface area contributed by atoms with Crippen LogP contribution in [0.4, 0.5) is 21.5 Å². The van der Waals surface area contributed by atoms with E-state index in [0.29, 0.717) is 5.56 Å². The Kier molecular flexibility index (Phi) is 7.66. The highest BCUT2D eigenvalue weighted by Crippen LogP contribution is 2.61.